The Morgan fingerprint density at radius 1 is 1.32 bits per heavy atom. The predicted molar refractivity (Wildman–Crippen MR) is 73.5 cm³/mol. The van der Waals surface area contributed by atoms with Crippen molar-refractivity contribution in [2.45, 2.75) is 26.4 Å². The number of rotatable bonds is 6. The van der Waals surface area contributed by atoms with Crippen LogP contribution in [-0.4, -0.2) is 22.8 Å². The van der Waals surface area contributed by atoms with Crippen LogP contribution in [-0.2, 0) is 16.0 Å². The van der Waals surface area contributed by atoms with E-state index >= 15 is 0 Å². The Morgan fingerprint density at radius 2 is 2.05 bits per heavy atom. The van der Waals surface area contributed by atoms with E-state index in [0.29, 0.717) is 12.9 Å². The number of aromatic nitrogens is 2. The zero-order valence-corrected chi connectivity index (χ0v) is 11.2. The summed E-state index contributed by atoms with van der Waals surface area (Å²) in [5.74, 6) is 0.267. The molecule has 2 aromatic rings. The van der Waals surface area contributed by atoms with Crippen molar-refractivity contribution in [1.29, 1.82) is 0 Å². The number of benzene rings is 1. The van der Waals surface area contributed by atoms with E-state index in [0.717, 1.165) is 16.8 Å². The number of nitrogens with zero attached hydrogens (tertiary/aromatic N) is 1. The van der Waals surface area contributed by atoms with Gasteiger partial charge < -0.3 is 4.74 Å². The quantitative estimate of drug-likeness (QED) is 0.811. The van der Waals surface area contributed by atoms with Crippen molar-refractivity contribution in [3.63, 3.8) is 0 Å². The molecule has 0 saturated heterocycles. The number of H-pyrrole nitrogens is 1. The molecule has 2 rings (SSSR count). The van der Waals surface area contributed by atoms with Gasteiger partial charge in [0.2, 0.25) is 0 Å². The van der Waals surface area contributed by atoms with Crippen LogP contribution in [0.3, 0.4) is 0 Å². The molecule has 0 radical (unpaired) electrons. The van der Waals surface area contributed by atoms with Crippen molar-refractivity contribution < 1.29 is 9.53 Å². The molecule has 1 aromatic carbocycles. The molecule has 4 nitrogen and oxygen atoms in total. The zero-order valence-electron chi connectivity index (χ0n) is 11.2. The SMILES string of the molecule is CC(C)C(Cc1c[nH]nc1-c1ccccc1)OC=O. The molecular weight excluding hydrogens is 240 g/mol. The summed E-state index contributed by atoms with van der Waals surface area (Å²) >= 11 is 0. The second kappa shape index (κ2) is 6.18. The van der Waals surface area contributed by atoms with Gasteiger partial charge in [-0.15, -0.1) is 0 Å². The first-order valence-electron chi connectivity index (χ1n) is 6.39. The molecule has 0 fully saturated rings. The third kappa shape index (κ3) is 3.22. The third-order valence-electron chi connectivity index (χ3n) is 3.16. The van der Waals surface area contributed by atoms with Crippen molar-refractivity contribution in [3.8, 4) is 11.3 Å². The van der Waals surface area contributed by atoms with Crippen LogP contribution in [0, 0.1) is 5.92 Å². The van der Waals surface area contributed by atoms with Crippen LogP contribution in [0.4, 0.5) is 0 Å². The zero-order chi connectivity index (χ0) is 13.7. The van der Waals surface area contributed by atoms with Crippen molar-refractivity contribution in [3.05, 3.63) is 42.1 Å². The number of hydrogen-bond acceptors (Lipinski definition) is 3. The van der Waals surface area contributed by atoms with Crippen LogP contribution in [0.15, 0.2) is 36.5 Å². The molecule has 1 aromatic heterocycles. The standard InChI is InChI=1S/C15H18N2O2/c1-11(2)14(19-10-18)8-13-9-16-17-15(13)12-6-4-3-5-7-12/h3-7,9-11,14H,8H2,1-2H3,(H,16,17). The Bertz CT molecular complexity index is 520. The topological polar surface area (TPSA) is 55.0 Å². The molecule has 0 bridgehead atoms. The van der Waals surface area contributed by atoms with Crippen LogP contribution < -0.4 is 0 Å². The highest BCUT2D eigenvalue weighted by Crippen LogP contribution is 2.23. The second-order valence-corrected chi connectivity index (χ2v) is 4.84. The fraction of sp³-hybridized carbons (Fsp3) is 0.333. The largest absolute Gasteiger partial charge is 0.464 e. The normalized spacial score (nSPS) is 12.4. The minimum absolute atomic E-state index is 0.127. The van der Waals surface area contributed by atoms with Gasteiger partial charge in [0.25, 0.3) is 6.47 Å². The number of ether oxygens (including phenoxy) is 1. The van der Waals surface area contributed by atoms with E-state index in [9.17, 15) is 4.79 Å². The summed E-state index contributed by atoms with van der Waals surface area (Å²) < 4.78 is 5.15. The summed E-state index contributed by atoms with van der Waals surface area (Å²) in [5, 5.41) is 7.18. The molecule has 1 atom stereocenters. The lowest BCUT2D eigenvalue weighted by Gasteiger charge is -2.18. The van der Waals surface area contributed by atoms with E-state index in [1.54, 1.807) is 0 Å². The molecule has 1 heterocycles. The molecule has 0 aliphatic rings. The van der Waals surface area contributed by atoms with E-state index in [2.05, 4.69) is 10.2 Å². The monoisotopic (exact) mass is 258 g/mol. The lowest BCUT2D eigenvalue weighted by Crippen LogP contribution is -2.22. The average Bonchev–Trinajstić information content (AvgIpc) is 2.87. The van der Waals surface area contributed by atoms with Crippen LogP contribution in [0.25, 0.3) is 11.3 Å². The lowest BCUT2D eigenvalue weighted by atomic mass is 9.97. The lowest BCUT2D eigenvalue weighted by molar-refractivity contribution is -0.135. The fourth-order valence-corrected chi connectivity index (χ4v) is 2.05. The third-order valence-corrected chi connectivity index (χ3v) is 3.16. The smallest absolute Gasteiger partial charge is 0.293 e. The fourth-order valence-electron chi connectivity index (χ4n) is 2.05. The Labute approximate surface area is 112 Å². The number of carbonyl (C=O) groups excluding carboxylic acids is 1. The molecule has 1 unspecified atom stereocenters. The first-order chi connectivity index (χ1) is 9.22. The molecule has 0 saturated carbocycles. The van der Waals surface area contributed by atoms with E-state index in [1.807, 2.05) is 50.4 Å². The molecule has 1 N–H and O–H groups in total. The van der Waals surface area contributed by atoms with Crippen molar-refractivity contribution in [1.82, 2.24) is 10.2 Å². The molecule has 0 aliphatic carbocycles. The minimum atomic E-state index is -0.127. The second-order valence-electron chi connectivity index (χ2n) is 4.84. The molecule has 100 valence electrons. The van der Waals surface area contributed by atoms with Crippen LogP contribution in [0.5, 0.6) is 0 Å². The summed E-state index contributed by atoms with van der Waals surface area (Å²) in [6, 6.07) is 9.98. The van der Waals surface area contributed by atoms with Crippen LogP contribution in [0.1, 0.15) is 19.4 Å². The van der Waals surface area contributed by atoms with Gasteiger partial charge in [-0.25, -0.2) is 0 Å². The summed E-state index contributed by atoms with van der Waals surface area (Å²) in [7, 11) is 0. The highest BCUT2D eigenvalue weighted by atomic mass is 16.5. The van der Waals surface area contributed by atoms with Crippen molar-refractivity contribution in [2.24, 2.45) is 5.92 Å². The van der Waals surface area contributed by atoms with E-state index in [4.69, 9.17) is 4.74 Å². The highest BCUT2D eigenvalue weighted by Gasteiger charge is 2.18. The summed E-state index contributed by atoms with van der Waals surface area (Å²) in [6.45, 7) is 4.60. The van der Waals surface area contributed by atoms with Crippen LogP contribution in [0.2, 0.25) is 0 Å². The Kier molecular flexibility index (Phi) is 4.34. The van der Waals surface area contributed by atoms with Gasteiger partial charge in [0, 0.05) is 23.7 Å². The van der Waals surface area contributed by atoms with Crippen LogP contribution >= 0.6 is 0 Å². The number of aromatic amines is 1. The first-order valence-corrected chi connectivity index (χ1v) is 6.39. The van der Waals surface area contributed by atoms with E-state index in [-0.39, 0.29) is 12.0 Å². The first kappa shape index (κ1) is 13.3. The minimum Gasteiger partial charge on any atom is -0.464 e. The average molecular weight is 258 g/mol. The van der Waals surface area contributed by atoms with Crippen molar-refractivity contribution in [2.75, 3.05) is 0 Å². The molecule has 19 heavy (non-hydrogen) atoms. The molecular formula is C15H18N2O2. The van der Waals surface area contributed by atoms with Gasteiger partial charge >= 0.3 is 0 Å². The molecule has 4 heteroatoms. The van der Waals surface area contributed by atoms with Gasteiger partial charge in [-0.3, -0.25) is 9.89 Å². The number of nitrogens with one attached hydrogen (secondary N) is 1. The Balaban J connectivity index is 2.22. The Morgan fingerprint density at radius 3 is 2.68 bits per heavy atom. The molecule has 0 spiro atoms. The maximum atomic E-state index is 10.6. The molecule has 0 amide bonds. The molecule has 0 aliphatic heterocycles. The van der Waals surface area contributed by atoms with Crippen molar-refractivity contribution >= 4 is 6.47 Å². The summed E-state index contributed by atoms with van der Waals surface area (Å²) in [6.07, 6.45) is 2.40. The maximum absolute atomic E-state index is 10.6. The summed E-state index contributed by atoms with van der Waals surface area (Å²) in [5.41, 5.74) is 3.04. The number of carbonyl (C=O) groups is 1. The van der Waals surface area contributed by atoms with Gasteiger partial charge in [0.15, 0.2) is 0 Å². The maximum Gasteiger partial charge on any atom is 0.293 e. The van der Waals surface area contributed by atoms with Gasteiger partial charge in [-0.2, -0.15) is 5.10 Å². The highest BCUT2D eigenvalue weighted by molar-refractivity contribution is 5.62. The van der Waals surface area contributed by atoms with E-state index in [1.165, 1.54) is 0 Å². The van der Waals surface area contributed by atoms with E-state index < -0.39 is 0 Å². The van der Waals surface area contributed by atoms with Gasteiger partial charge in [0.1, 0.15) is 6.10 Å². The summed E-state index contributed by atoms with van der Waals surface area (Å²) in [4.78, 5) is 10.6. The number of hydrogen-bond donors (Lipinski definition) is 1. The van der Waals surface area contributed by atoms with Gasteiger partial charge in [-0.05, 0) is 5.92 Å². The Hall–Kier alpha value is -2.10. The van der Waals surface area contributed by atoms with Gasteiger partial charge in [-0.1, -0.05) is 44.2 Å². The predicted octanol–water partition coefficient (Wildman–Crippen LogP) is 2.82. The van der Waals surface area contributed by atoms with Gasteiger partial charge in [0.05, 0.1) is 5.69 Å².